The minimum atomic E-state index is -0.178. The van der Waals surface area contributed by atoms with E-state index in [-0.39, 0.29) is 18.4 Å². The Morgan fingerprint density at radius 2 is 2.21 bits per heavy atom. The van der Waals surface area contributed by atoms with E-state index < -0.39 is 0 Å². The second-order valence-corrected chi connectivity index (χ2v) is 8.40. The quantitative estimate of drug-likeness (QED) is 0.682. The third-order valence-corrected chi connectivity index (χ3v) is 6.25. The van der Waals surface area contributed by atoms with Crippen LogP contribution in [0, 0.1) is 6.92 Å². The lowest BCUT2D eigenvalue weighted by molar-refractivity contribution is -0.119. The van der Waals surface area contributed by atoms with E-state index in [1.54, 1.807) is 11.3 Å². The van der Waals surface area contributed by atoms with Gasteiger partial charge in [-0.1, -0.05) is 16.8 Å². The van der Waals surface area contributed by atoms with Gasteiger partial charge in [0.1, 0.15) is 6.10 Å². The molecule has 1 aliphatic carbocycles. The molecule has 0 radical (unpaired) electrons. The van der Waals surface area contributed by atoms with Crippen LogP contribution in [0.2, 0.25) is 0 Å². The van der Waals surface area contributed by atoms with E-state index in [9.17, 15) is 4.79 Å². The topological polar surface area (TPSA) is 77.2 Å². The van der Waals surface area contributed by atoms with E-state index in [0.29, 0.717) is 24.1 Å². The number of aromatic nitrogens is 2. The highest BCUT2D eigenvalue weighted by atomic mass is 32.1. The Labute approximate surface area is 166 Å². The summed E-state index contributed by atoms with van der Waals surface area (Å²) in [4.78, 5) is 18.5. The average molecular weight is 395 g/mol. The van der Waals surface area contributed by atoms with Crippen LogP contribution in [0.5, 0.6) is 0 Å². The first-order valence-electron chi connectivity index (χ1n) is 9.60. The van der Waals surface area contributed by atoms with Crippen molar-refractivity contribution in [3.8, 4) is 11.5 Å². The molecule has 28 heavy (non-hydrogen) atoms. The number of carbonyl (C=O) groups is 1. The summed E-state index contributed by atoms with van der Waals surface area (Å²) in [6.45, 7) is 2.66. The third-order valence-electron chi connectivity index (χ3n) is 5.20. The summed E-state index contributed by atoms with van der Waals surface area (Å²) in [5, 5.41) is 9.18. The number of ether oxygens (including phenoxy) is 1. The van der Waals surface area contributed by atoms with E-state index in [1.165, 1.54) is 5.56 Å². The fraction of sp³-hybridized carbons (Fsp3) is 0.381. The van der Waals surface area contributed by atoms with E-state index in [2.05, 4.69) is 26.9 Å². The second-order valence-electron chi connectivity index (χ2n) is 7.45. The first kappa shape index (κ1) is 17.6. The number of rotatable bonds is 5. The van der Waals surface area contributed by atoms with Crippen LogP contribution in [0.4, 0.5) is 5.69 Å². The van der Waals surface area contributed by atoms with Gasteiger partial charge in [-0.25, -0.2) is 0 Å². The lowest BCUT2D eigenvalue weighted by atomic mass is 10.0. The highest BCUT2D eigenvalue weighted by molar-refractivity contribution is 7.10. The number of benzene rings is 1. The van der Waals surface area contributed by atoms with Gasteiger partial charge in [-0.2, -0.15) is 4.98 Å². The zero-order chi connectivity index (χ0) is 19.1. The van der Waals surface area contributed by atoms with Crippen molar-refractivity contribution >= 4 is 22.9 Å². The Kier molecular flexibility index (Phi) is 4.49. The van der Waals surface area contributed by atoms with Crippen molar-refractivity contribution in [3.05, 3.63) is 51.5 Å². The number of hydrogen-bond acceptors (Lipinski definition) is 6. The third kappa shape index (κ3) is 3.47. The molecule has 0 saturated heterocycles. The molecule has 3 heterocycles. The molecule has 0 spiro atoms. The molecule has 1 atom stereocenters. The smallest absolute Gasteiger partial charge is 0.260 e. The molecule has 2 aromatic heterocycles. The van der Waals surface area contributed by atoms with E-state index in [1.807, 2.05) is 25.1 Å². The number of anilines is 1. The first-order valence-corrected chi connectivity index (χ1v) is 10.5. The van der Waals surface area contributed by atoms with Crippen LogP contribution in [0.25, 0.3) is 11.5 Å². The number of carbonyl (C=O) groups excluding carboxylic acids is 1. The van der Waals surface area contributed by atoms with Crippen LogP contribution < -0.4 is 5.32 Å². The van der Waals surface area contributed by atoms with E-state index >= 15 is 0 Å². The van der Waals surface area contributed by atoms with Gasteiger partial charge in [-0.3, -0.25) is 4.79 Å². The maximum absolute atomic E-state index is 12.8. The van der Waals surface area contributed by atoms with Gasteiger partial charge < -0.3 is 14.6 Å². The number of amides is 1. The van der Waals surface area contributed by atoms with Crippen molar-refractivity contribution in [1.82, 2.24) is 10.1 Å². The van der Waals surface area contributed by atoms with E-state index in [4.69, 9.17) is 9.26 Å². The molecule has 1 fully saturated rings. The summed E-state index contributed by atoms with van der Waals surface area (Å²) in [5.41, 5.74) is 3.81. The van der Waals surface area contributed by atoms with Gasteiger partial charge in [0.25, 0.3) is 5.89 Å². The van der Waals surface area contributed by atoms with E-state index in [0.717, 1.165) is 41.1 Å². The molecule has 144 valence electrons. The number of thiophene rings is 1. The Morgan fingerprint density at radius 3 is 3.07 bits per heavy atom. The molecule has 1 saturated carbocycles. The standard InChI is InChI=1S/C21H21N3O3S/c1-12-2-5-16(15(10-12)21-23-20(24-27-21)14-3-4-14)22-18(25)11-17-19-13(6-8-26-17)7-9-28-19/h2,5,7,9-10,14,17H,3-4,6,8,11H2,1H3,(H,22,25)/t17-/m1/s1. The summed E-state index contributed by atoms with van der Waals surface area (Å²) in [5.74, 6) is 1.55. The van der Waals surface area contributed by atoms with Gasteiger partial charge in [0.05, 0.1) is 24.3 Å². The minimum absolute atomic E-state index is 0.0849. The number of aryl methyl sites for hydroxylation is 1. The summed E-state index contributed by atoms with van der Waals surface area (Å²) in [6, 6.07) is 7.94. The number of hydrogen-bond donors (Lipinski definition) is 1. The molecule has 6 nitrogen and oxygen atoms in total. The van der Waals surface area contributed by atoms with Crippen molar-refractivity contribution in [3.63, 3.8) is 0 Å². The highest BCUT2D eigenvalue weighted by Gasteiger charge is 2.30. The number of nitrogens with zero attached hydrogens (tertiary/aromatic N) is 2. The largest absolute Gasteiger partial charge is 0.372 e. The highest BCUT2D eigenvalue weighted by Crippen LogP contribution is 2.40. The fourth-order valence-corrected chi connectivity index (χ4v) is 4.54. The van der Waals surface area contributed by atoms with Gasteiger partial charge in [-0.05, 0) is 55.3 Å². The van der Waals surface area contributed by atoms with Crippen molar-refractivity contribution in [1.29, 1.82) is 0 Å². The molecule has 2 aliphatic rings. The molecule has 1 aromatic carbocycles. The molecule has 3 aromatic rings. The summed E-state index contributed by atoms with van der Waals surface area (Å²) in [6.07, 6.45) is 3.25. The van der Waals surface area contributed by atoms with Crippen LogP contribution in [-0.2, 0) is 16.0 Å². The van der Waals surface area contributed by atoms with Gasteiger partial charge >= 0.3 is 0 Å². The lowest BCUT2D eigenvalue weighted by Gasteiger charge is -2.22. The van der Waals surface area contributed by atoms with Crippen LogP contribution in [0.15, 0.2) is 34.2 Å². The van der Waals surface area contributed by atoms with Crippen LogP contribution in [0.1, 0.15) is 53.1 Å². The molecule has 0 unspecified atom stereocenters. The Hall–Kier alpha value is -2.51. The summed E-state index contributed by atoms with van der Waals surface area (Å²) < 4.78 is 11.3. The first-order chi connectivity index (χ1) is 13.7. The van der Waals surface area contributed by atoms with Crippen LogP contribution in [-0.4, -0.2) is 22.7 Å². The van der Waals surface area contributed by atoms with Crippen molar-refractivity contribution in [2.24, 2.45) is 0 Å². The normalized spacial score (nSPS) is 18.7. The zero-order valence-corrected chi connectivity index (χ0v) is 16.4. The molecule has 1 aliphatic heterocycles. The molecular formula is C21H21N3O3S. The predicted octanol–water partition coefficient (Wildman–Crippen LogP) is 4.63. The Balaban J connectivity index is 1.36. The monoisotopic (exact) mass is 395 g/mol. The average Bonchev–Trinajstić information content (AvgIpc) is 3.22. The molecule has 5 rings (SSSR count). The molecule has 0 bridgehead atoms. The van der Waals surface area contributed by atoms with Crippen LogP contribution >= 0.6 is 11.3 Å². The van der Waals surface area contributed by atoms with Gasteiger partial charge in [0.15, 0.2) is 5.82 Å². The number of nitrogens with one attached hydrogen (secondary N) is 1. The SMILES string of the molecule is Cc1ccc(NC(=O)C[C@H]2OCCc3ccsc32)c(-c2nc(C3CC3)no2)c1. The van der Waals surface area contributed by atoms with Gasteiger partial charge in [-0.15, -0.1) is 11.3 Å². The second kappa shape index (κ2) is 7.14. The zero-order valence-electron chi connectivity index (χ0n) is 15.6. The Bertz CT molecular complexity index is 1020. The van der Waals surface area contributed by atoms with Crippen LogP contribution in [0.3, 0.4) is 0 Å². The predicted molar refractivity (Wildman–Crippen MR) is 106 cm³/mol. The molecule has 7 heteroatoms. The summed E-state index contributed by atoms with van der Waals surface area (Å²) >= 11 is 1.66. The lowest BCUT2D eigenvalue weighted by Crippen LogP contribution is -2.21. The van der Waals surface area contributed by atoms with Crippen molar-refractivity contribution < 1.29 is 14.1 Å². The van der Waals surface area contributed by atoms with Crippen molar-refractivity contribution in [2.75, 3.05) is 11.9 Å². The van der Waals surface area contributed by atoms with Gasteiger partial charge in [0.2, 0.25) is 5.91 Å². The number of fused-ring (bicyclic) bond motifs is 1. The molecular weight excluding hydrogens is 374 g/mol. The molecule has 1 amide bonds. The minimum Gasteiger partial charge on any atom is -0.372 e. The maximum Gasteiger partial charge on any atom is 0.260 e. The van der Waals surface area contributed by atoms with Gasteiger partial charge in [0, 0.05) is 10.8 Å². The van der Waals surface area contributed by atoms with Crippen molar-refractivity contribution in [2.45, 2.75) is 44.6 Å². The maximum atomic E-state index is 12.8. The fourth-order valence-electron chi connectivity index (χ4n) is 3.54. The Morgan fingerprint density at radius 1 is 1.32 bits per heavy atom. The summed E-state index contributed by atoms with van der Waals surface area (Å²) in [7, 11) is 0. The molecule has 1 N–H and O–H groups in total.